The Labute approximate surface area is 432 Å². The molecule has 0 saturated carbocycles. The number of nitrogens with zero attached hydrogens (tertiary/aromatic N) is 6. The third-order valence-electron chi connectivity index (χ3n) is 16.8. The van der Waals surface area contributed by atoms with Gasteiger partial charge in [-0.05, 0) is 127 Å². The minimum Gasteiger partial charge on any atom is -0.388 e. The molecule has 2 aliphatic rings. The SMILES string of the molecule is CC(C)[Si](C(C)C)(C(C)C)n1ccc2c(C(=O)C3CCN(Cc4ccccc4)CC3)c(Cl)cnc21.CC(C)[Si](C(C)C)(C(C)C)n1ccc2c(C(O)C3CCN(Cc4ccccc4)CC3)c(Cl)cnc21. The van der Waals surface area contributed by atoms with Gasteiger partial charge >= 0.3 is 0 Å². The minimum atomic E-state index is -1.98. The van der Waals surface area contributed by atoms with Crippen molar-refractivity contribution in [3.63, 3.8) is 0 Å². The number of benzene rings is 2. The number of aliphatic hydroxyl groups is 1. The van der Waals surface area contributed by atoms with Gasteiger partial charge in [0.1, 0.15) is 11.3 Å². The van der Waals surface area contributed by atoms with Crippen LogP contribution in [0.25, 0.3) is 22.1 Å². The van der Waals surface area contributed by atoms with Crippen LogP contribution in [0.2, 0.25) is 43.3 Å². The summed E-state index contributed by atoms with van der Waals surface area (Å²) in [7, 11) is -3.94. The van der Waals surface area contributed by atoms with Crippen molar-refractivity contribution >= 4 is 67.5 Å². The fraction of sp³-hybridized carbons (Fsp3) is 0.534. The van der Waals surface area contributed by atoms with E-state index in [9.17, 15) is 9.90 Å². The molecule has 0 amide bonds. The molecule has 2 aliphatic heterocycles. The summed E-state index contributed by atoms with van der Waals surface area (Å²) in [5.41, 5.74) is 9.48. The van der Waals surface area contributed by atoms with E-state index in [0.717, 1.165) is 92.6 Å². The molecule has 0 radical (unpaired) electrons. The average Bonchev–Trinajstić information content (AvgIpc) is 3.95. The lowest BCUT2D eigenvalue weighted by atomic mass is 9.86. The first-order valence-electron chi connectivity index (χ1n) is 26.4. The second kappa shape index (κ2) is 23.1. The van der Waals surface area contributed by atoms with Crippen molar-refractivity contribution in [1.82, 2.24) is 28.2 Å². The second-order valence-electron chi connectivity index (χ2n) is 22.5. The van der Waals surface area contributed by atoms with Crippen molar-refractivity contribution in [2.75, 3.05) is 26.2 Å². The fourth-order valence-electron chi connectivity index (χ4n) is 13.9. The van der Waals surface area contributed by atoms with Crippen molar-refractivity contribution in [1.29, 1.82) is 0 Å². The first kappa shape index (κ1) is 54.2. The number of rotatable bonds is 16. The Morgan fingerprint density at radius 1 is 0.571 bits per heavy atom. The van der Waals surface area contributed by atoms with Gasteiger partial charge < -0.3 is 13.6 Å². The summed E-state index contributed by atoms with van der Waals surface area (Å²) >= 11 is 13.4. The van der Waals surface area contributed by atoms with Crippen LogP contribution >= 0.6 is 23.2 Å². The topological polar surface area (TPSA) is 79.4 Å². The second-order valence-corrected chi connectivity index (χ2v) is 34.7. The van der Waals surface area contributed by atoms with E-state index < -0.39 is 22.6 Å². The molecule has 12 heteroatoms. The summed E-state index contributed by atoms with van der Waals surface area (Å²) in [6.45, 7) is 34.1. The molecule has 70 heavy (non-hydrogen) atoms. The molecule has 8 nitrogen and oxygen atoms in total. The maximum atomic E-state index is 13.8. The van der Waals surface area contributed by atoms with Gasteiger partial charge in [0.05, 0.1) is 16.1 Å². The van der Waals surface area contributed by atoms with Crippen molar-refractivity contribution in [2.24, 2.45) is 11.8 Å². The van der Waals surface area contributed by atoms with Crippen molar-refractivity contribution in [3.8, 4) is 0 Å². The fourth-order valence-corrected chi connectivity index (χ4v) is 27.5. The average molecular weight is 1020 g/mol. The van der Waals surface area contributed by atoms with Gasteiger partial charge in [0.15, 0.2) is 22.3 Å². The van der Waals surface area contributed by atoms with Gasteiger partial charge in [-0.2, -0.15) is 0 Å². The molecule has 1 unspecified atom stereocenters. The highest BCUT2D eigenvalue weighted by atomic mass is 35.5. The predicted octanol–water partition coefficient (Wildman–Crippen LogP) is 15.5. The van der Waals surface area contributed by atoms with Gasteiger partial charge in [-0.15, -0.1) is 0 Å². The van der Waals surface area contributed by atoms with E-state index in [1.165, 1.54) is 11.1 Å². The Bertz CT molecular complexity index is 2600. The van der Waals surface area contributed by atoms with Crippen LogP contribution < -0.4 is 0 Å². The molecule has 0 bridgehead atoms. The smallest absolute Gasteiger partial charge is 0.171 e. The molecule has 1 atom stereocenters. The lowest BCUT2D eigenvalue weighted by Gasteiger charge is -2.44. The van der Waals surface area contributed by atoms with Crippen LogP contribution in [0.15, 0.2) is 97.6 Å². The first-order valence-corrected chi connectivity index (χ1v) is 31.5. The van der Waals surface area contributed by atoms with Gasteiger partial charge in [0.2, 0.25) is 0 Å². The Balaban J connectivity index is 0.000000206. The minimum absolute atomic E-state index is 0.00997. The zero-order valence-electron chi connectivity index (χ0n) is 44.3. The lowest BCUT2D eigenvalue weighted by molar-refractivity contribution is 0.0577. The number of aromatic nitrogens is 4. The van der Waals surface area contributed by atoms with Crippen molar-refractivity contribution < 1.29 is 9.90 Å². The molecule has 2 aromatic carbocycles. The quantitative estimate of drug-likeness (QED) is 0.0769. The molecule has 6 heterocycles. The molecule has 4 aromatic heterocycles. The molecule has 0 aliphatic carbocycles. The number of carbonyl (C=O) groups excluding carboxylic acids is 1. The summed E-state index contributed by atoms with van der Waals surface area (Å²) in [6, 6.07) is 25.5. The third kappa shape index (κ3) is 10.6. The number of hydrogen-bond donors (Lipinski definition) is 1. The van der Waals surface area contributed by atoms with Crippen LogP contribution in [0.1, 0.15) is 142 Å². The number of aliphatic hydroxyl groups excluding tert-OH is 1. The van der Waals surface area contributed by atoms with Crippen molar-refractivity contribution in [3.05, 3.63) is 130 Å². The van der Waals surface area contributed by atoms with E-state index >= 15 is 0 Å². The van der Waals surface area contributed by atoms with Crippen LogP contribution in [-0.4, -0.2) is 81.8 Å². The van der Waals surface area contributed by atoms with Crippen LogP contribution in [0.3, 0.4) is 0 Å². The summed E-state index contributed by atoms with van der Waals surface area (Å²) < 4.78 is 4.98. The van der Waals surface area contributed by atoms with E-state index in [1.807, 2.05) is 0 Å². The highest BCUT2D eigenvalue weighted by Gasteiger charge is 2.48. The van der Waals surface area contributed by atoms with Gasteiger partial charge in [-0.3, -0.25) is 14.6 Å². The highest BCUT2D eigenvalue weighted by molar-refractivity contribution is 6.83. The molecular formula is C58H82Cl2N6O2Si2. The maximum absolute atomic E-state index is 13.8. The maximum Gasteiger partial charge on any atom is 0.171 e. The summed E-state index contributed by atoms with van der Waals surface area (Å²) in [5.74, 6) is 0.400. The molecule has 6 aromatic rings. The summed E-state index contributed by atoms with van der Waals surface area (Å²) in [6.07, 6.45) is 11.0. The van der Waals surface area contributed by atoms with E-state index in [2.05, 4.69) is 187 Å². The van der Waals surface area contributed by atoms with E-state index in [1.54, 1.807) is 12.4 Å². The normalized spacial score (nSPS) is 16.7. The van der Waals surface area contributed by atoms with E-state index in [0.29, 0.717) is 48.9 Å². The van der Waals surface area contributed by atoms with Crippen LogP contribution in [0.4, 0.5) is 0 Å². The van der Waals surface area contributed by atoms with Gasteiger partial charge in [0.25, 0.3) is 0 Å². The number of halogens is 2. The molecule has 2 saturated heterocycles. The van der Waals surface area contributed by atoms with Gasteiger partial charge in [-0.25, -0.2) is 9.97 Å². The molecule has 2 fully saturated rings. The molecule has 1 N–H and O–H groups in total. The highest BCUT2D eigenvalue weighted by Crippen LogP contribution is 2.47. The summed E-state index contributed by atoms with van der Waals surface area (Å²) in [4.78, 5) is 28.4. The Kier molecular flexibility index (Phi) is 17.9. The zero-order chi connectivity index (χ0) is 50.7. The number of ketones is 1. The number of pyridine rings is 2. The Morgan fingerprint density at radius 2 is 0.957 bits per heavy atom. The summed E-state index contributed by atoms with van der Waals surface area (Å²) in [5, 5.41) is 14.6. The van der Waals surface area contributed by atoms with Crippen LogP contribution in [0, 0.1) is 11.8 Å². The van der Waals surface area contributed by atoms with Gasteiger partial charge in [-0.1, -0.05) is 167 Å². The number of hydrogen-bond acceptors (Lipinski definition) is 6. The molecule has 8 rings (SSSR count). The Hall–Kier alpha value is -3.62. The molecular weight excluding hydrogens is 940 g/mol. The zero-order valence-corrected chi connectivity index (χ0v) is 47.8. The molecule has 378 valence electrons. The standard InChI is InChI=1S/C29H42ClN3OSi.C29H40ClN3OSi/c2*1-20(2)35(21(3)4,22(5)6)33-17-14-25-27(26(30)18-31-29(25)33)28(34)24-12-15-32(16-13-24)19-23-10-8-7-9-11-23/h7-11,14,17-18,20-22,24,28,34H,12-13,15-16,19H2,1-6H3;7-11,14,17-18,20-22,24H,12-13,15-16,19H2,1-6H3. The Morgan fingerprint density at radius 3 is 1.39 bits per heavy atom. The van der Waals surface area contributed by atoms with E-state index in [-0.39, 0.29) is 17.6 Å². The lowest BCUT2D eigenvalue weighted by Crippen LogP contribution is -2.51. The number of carbonyl (C=O) groups is 1. The first-order chi connectivity index (χ1) is 33.3. The van der Waals surface area contributed by atoms with Crippen molar-refractivity contribution in [2.45, 2.75) is 161 Å². The number of piperidine rings is 2. The monoisotopic (exact) mass is 1020 g/mol. The van der Waals surface area contributed by atoms with Crippen LogP contribution in [-0.2, 0) is 13.1 Å². The number of fused-ring (bicyclic) bond motifs is 2. The largest absolute Gasteiger partial charge is 0.388 e. The number of likely N-dealkylation sites (tertiary alicyclic amines) is 2. The van der Waals surface area contributed by atoms with Gasteiger partial charge in [0, 0.05) is 53.3 Å². The number of Topliss-reactive ketones (excluding diaryl/α,β-unsaturated/α-hetero) is 1. The van der Waals surface area contributed by atoms with Crippen LogP contribution in [0.5, 0.6) is 0 Å². The third-order valence-corrected chi connectivity index (χ3v) is 30.9. The van der Waals surface area contributed by atoms with E-state index in [4.69, 9.17) is 33.2 Å². The predicted molar refractivity (Wildman–Crippen MR) is 301 cm³/mol. The molecule has 0 spiro atoms.